The molecule has 0 radical (unpaired) electrons. The number of ether oxygens (including phenoxy) is 1. The Balaban J connectivity index is 2.10. The van der Waals surface area contributed by atoms with E-state index in [1.54, 1.807) is 12.1 Å². The lowest BCUT2D eigenvalue weighted by atomic mass is 9.90. The number of carbonyl (C=O) groups is 1. The zero-order chi connectivity index (χ0) is 13.9. The standard InChI is InChI=1S/C14H20N2O3/c1-14(7-3-4-8-15-14)13(18)16-11-6-5-10(19-2)9-12(11)17/h5-6,9,15,17H,3-4,7-8H2,1-2H3,(H,16,18). The van der Waals surface area contributed by atoms with Crippen LogP contribution in [0.1, 0.15) is 26.2 Å². The summed E-state index contributed by atoms with van der Waals surface area (Å²) in [5.41, 5.74) is -0.163. The van der Waals surface area contributed by atoms with Gasteiger partial charge in [-0.15, -0.1) is 0 Å². The average Bonchev–Trinajstić information content (AvgIpc) is 2.41. The summed E-state index contributed by atoms with van der Waals surface area (Å²) in [7, 11) is 1.53. The van der Waals surface area contributed by atoms with Crippen molar-refractivity contribution in [3.05, 3.63) is 18.2 Å². The Kier molecular flexibility index (Phi) is 3.95. The van der Waals surface area contributed by atoms with Crippen LogP contribution in [0.4, 0.5) is 5.69 Å². The number of anilines is 1. The molecule has 2 rings (SSSR count). The third-order valence-electron chi connectivity index (χ3n) is 3.57. The van der Waals surface area contributed by atoms with Crippen molar-refractivity contribution in [3.63, 3.8) is 0 Å². The minimum Gasteiger partial charge on any atom is -0.506 e. The maximum atomic E-state index is 12.3. The van der Waals surface area contributed by atoms with Crippen molar-refractivity contribution in [2.45, 2.75) is 31.7 Å². The monoisotopic (exact) mass is 264 g/mol. The fourth-order valence-electron chi connectivity index (χ4n) is 2.25. The fourth-order valence-corrected chi connectivity index (χ4v) is 2.25. The Morgan fingerprint density at radius 2 is 2.26 bits per heavy atom. The highest BCUT2D eigenvalue weighted by Gasteiger charge is 2.34. The van der Waals surface area contributed by atoms with Gasteiger partial charge in [-0.05, 0) is 44.9 Å². The summed E-state index contributed by atoms with van der Waals surface area (Å²) in [6, 6.07) is 4.82. The van der Waals surface area contributed by atoms with Gasteiger partial charge in [-0.1, -0.05) is 0 Å². The van der Waals surface area contributed by atoms with Crippen molar-refractivity contribution >= 4 is 11.6 Å². The summed E-state index contributed by atoms with van der Waals surface area (Å²) in [4.78, 5) is 12.3. The first-order chi connectivity index (χ1) is 9.05. The molecule has 19 heavy (non-hydrogen) atoms. The van der Waals surface area contributed by atoms with Gasteiger partial charge in [0.15, 0.2) is 0 Å². The van der Waals surface area contributed by atoms with E-state index in [9.17, 15) is 9.90 Å². The van der Waals surface area contributed by atoms with E-state index in [1.165, 1.54) is 13.2 Å². The van der Waals surface area contributed by atoms with Crippen molar-refractivity contribution in [2.75, 3.05) is 19.0 Å². The number of hydrogen-bond acceptors (Lipinski definition) is 4. The number of piperidine rings is 1. The average molecular weight is 264 g/mol. The number of phenols is 1. The summed E-state index contributed by atoms with van der Waals surface area (Å²) >= 11 is 0. The van der Waals surface area contributed by atoms with Crippen molar-refractivity contribution in [1.29, 1.82) is 0 Å². The van der Waals surface area contributed by atoms with Crippen LogP contribution in [0, 0.1) is 0 Å². The minimum atomic E-state index is -0.565. The molecule has 1 aliphatic heterocycles. The number of nitrogens with one attached hydrogen (secondary N) is 2. The Morgan fingerprint density at radius 1 is 1.47 bits per heavy atom. The first kappa shape index (κ1) is 13.7. The molecule has 1 fully saturated rings. The van der Waals surface area contributed by atoms with Crippen molar-refractivity contribution in [2.24, 2.45) is 0 Å². The van der Waals surface area contributed by atoms with Crippen LogP contribution >= 0.6 is 0 Å². The van der Waals surface area contributed by atoms with E-state index in [-0.39, 0.29) is 11.7 Å². The second-order valence-electron chi connectivity index (χ2n) is 5.05. The maximum Gasteiger partial charge on any atom is 0.244 e. The molecule has 3 N–H and O–H groups in total. The molecule has 5 nitrogen and oxygen atoms in total. The fraction of sp³-hybridized carbons (Fsp3) is 0.500. The summed E-state index contributed by atoms with van der Waals surface area (Å²) in [6.07, 6.45) is 2.93. The van der Waals surface area contributed by atoms with Crippen LogP contribution < -0.4 is 15.4 Å². The number of phenolic OH excluding ortho intramolecular Hbond substituents is 1. The van der Waals surface area contributed by atoms with Gasteiger partial charge >= 0.3 is 0 Å². The van der Waals surface area contributed by atoms with Crippen LogP contribution in [0.25, 0.3) is 0 Å². The zero-order valence-corrected chi connectivity index (χ0v) is 11.3. The molecule has 1 saturated heterocycles. The molecular formula is C14H20N2O3. The summed E-state index contributed by atoms with van der Waals surface area (Å²) in [5, 5.41) is 15.8. The van der Waals surface area contributed by atoms with Gasteiger partial charge in [-0.25, -0.2) is 0 Å². The smallest absolute Gasteiger partial charge is 0.244 e. The molecule has 0 spiro atoms. The topological polar surface area (TPSA) is 70.6 Å². The lowest BCUT2D eigenvalue weighted by Gasteiger charge is -2.33. The Morgan fingerprint density at radius 3 is 2.84 bits per heavy atom. The van der Waals surface area contributed by atoms with E-state index in [4.69, 9.17) is 4.74 Å². The van der Waals surface area contributed by atoms with E-state index in [0.29, 0.717) is 11.4 Å². The van der Waals surface area contributed by atoms with E-state index in [0.717, 1.165) is 25.8 Å². The van der Waals surface area contributed by atoms with Gasteiger partial charge in [0.25, 0.3) is 0 Å². The molecule has 1 aliphatic rings. The largest absolute Gasteiger partial charge is 0.506 e. The second kappa shape index (κ2) is 5.48. The van der Waals surface area contributed by atoms with Gasteiger partial charge in [-0.3, -0.25) is 4.79 Å². The predicted octanol–water partition coefficient (Wildman–Crippen LogP) is 1.87. The lowest BCUT2D eigenvalue weighted by molar-refractivity contribution is -0.122. The third-order valence-corrected chi connectivity index (χ3v) is 3.57. The number of carbonyl (C=O) groups excluding carboxylic acids is 1. The molecule has 1 heterocycles. The van der Waals surface area contributed by atoms with E-state index in [2.05, 4.69) is 10.6 Å². The molecule has 1 atom stereocenters. The van der Waals surface area contributed by atoms with Gasteiger partial charge in [0, 0.05) is 6.07 Å². The summed E-state index contributed by atoms with van der Waals surface area (Å²) in [6.45, 7) is 2.74. The SMILES string of the molecule is COc1ccc(NC(=O)C2(C)CCCCN2)c(O)c1. The lowest BCUT2D eigenvalue weighted by Crippen LogP contribution is -2.54. The van der Waals surface area contributed by atoms with Crippen LogP contribution in [-0.2, 0) is 4.79 Å². The number of aromatic hydroxyl groups is 1. The molecule has 1 aromatic carbocycles. The highest BCUT2D eigenvalue weighted by Crippen LogP contribution is 2.29. The molecule has 1 unspecified atom stereocenters. The number of rotatable bonds is 3. The number of benzene rings is 1. The second-order valence-corrected chi connectivity index (χ2v) is 5.05. The highest BCUT2D eigenvalue weighted by atomic mass is 16.5. The van der Waals surface area contributed by atoms with Gasteiger partial charge in [0.1, 0.15) is 11.5 Å². The number of hydrogen-bond donors (Lipinski definition) is 3. The number of methoxy groups -OCH3 is 1. The molecule has 0 aromatic heterocycles. The molecule has 1 amide bonds. The van der Waals surface area contributed by atoms with Gasteiger partial charge in [0.05, 0.1) is 18.3 Å². The quantitative estimate of drug-likeness (QED) is 0.729. The Bertz CT molecular complexity index is 468. The Hall–Kier alpha value is -1.75. The van der Waals surface area contributed by atoms with E-state index in [1.807, 2.05) is 6.92 Å². The van der Waals surface area contributed by atoms with Gasteiger partial charge < -0.3 is 20.5 Å². The molecule has 0 saturated carbocycles. The first-order valence-electron chi connectivity index (χ1n) is 6.49. The molecule has 0 bridgehead atoms. The van der Waals surface area contributed by atoms with Crippen LogP contribution in [0.5, 0.6) is 11.5 Å². The van der Waals surface area contributed by atoms with Crippen LogP contribution in [0.2, 0.25) is 0 Å². The molecular weight excluding hydrogens is 244 g/mol. The summed E-state index contributed by atoms with van der Waals surface area (Å²) in [5.74, 6) is 0.442. The van der Waals surface area contributed by atoms with E-state index < -0.39 is 5.54 Å². The molecule has 5 heteroatoms. The van der Waals surface area contributed by atoms with Crippen molar-refractivity contribution < 1.29 is 14.6 Å². The minimum absolute atomic E-state index is 0.00658. The number of amides is 1. The van der Waals surface area contributed by atoms with Crippen LogP contribution in [0.15, 0.2) is 18.2 Å². The normalized spacial score (nSPS) is 22.8. The maximum absolute atomic E-state index is 12.3. The van der Waals surface area contributed by atoms with Gasteiger partial charge in [0.2, 0.25) is 5.91 Å². The highest BCUT2D eigenvalue weighted by molar-refractivity contribution is 5.99. The molecule has 104 valence electrons. The van der Waals surface area contributed by atoms with Crippen molar-refractivity contribution in [1.82, 2.24) is 5.32 Å². The third kappa shape index (κ3) is 2.98. The van der Waals surface area contributed by atoms with E-state index >= 15 is 0 Å². The van der Waals surface area contributed by atoms with Crippen LogP contribution in [0.3, 0.4) is 0 Å². The molecule has 1 aromatic rings. The van der Waals surface area contributed by atoms with Crippen LogP contribution in [-0.4, -0.2) is 30.2 Å². The van der Waals surface area contributed by atoms with Gasteiger partial charge in [-0.2, -0.15) is 0 Å². The summed E-state index contributed by atoms with van der Waals surface area (Å²) < 4.78 is 5.01. The first-order valence-corrected chi connectivity index (χ1v) is 6.49. The predicted molar refractivity (Wildman–Crippen MR) is 73.5 cm³/mol. The Labute approximate surface area is 113 Å². The molecule has 0 aliphatic carbocycles. The van der Waals surface area contributed by atoms with Crippen molar-refractivity contribution in [3.8, 4) is 11.5 Å². The zero-order valence-electron chi connectivity index (χ0n) is 11.3.